The molecule has 0 aromatic heterocycles. The second-order valence-electron chi connectivity index (χ2n) is 6.35. The first-order valence-electron chi connectivity index (χ1n) is 9.26. The first-order chi connectivity index (χ1) is 11.6. The van der Waals surface area contributed by atoms with Crippen LogP contribution >= 0.6 is 0 Å². The van der Waals surface area contributed by atoms with Crippen LogP contribution in [-0.4, -0.2) is 32.8 Å². The fourth-order valence-corrected chi connectivity index (χ4v) is 3.15. The van der Waals surface area contributed by atoms with Crippen molar-refractivity contribution in [1.82, 2.24) is 0 Å². The molecule has 0 aromatic carbocycles. The predicted octanol–water partition coefficient (Wildman–Crippen LogP) is 5.44. The molecule has 6 heteroatoms. The van der Waals surface area contributed by atoms with E-state index in [0.717, 1.165) is 57.8 Å². The van der Waals surface area contributed by atoms with Crippen molar-refractivity contribution in [1.29, 1.82) is 0 Å². The minimum atomic E-state index is -0.383. The largest absolute Gasteiger partial charge is 0.411 e. The molecule has 0 radical (unpaired) electrons. The summed E-state index contributed by atoms with van der Waals surface area (Å²) in [5, 5.41) is 38.7. The van der Waals surface area contributed by atoms with E-state index in [0.29, 0.717) is 12.1 Å². The molecule has 0 amide bonds. The molecule has 0 rings (SSSR count). The molecule has 0 unspecified atom stereocenters. The van der Waals surface area contributed by atoms with E-state index in [1.807, 2.05) is 13.8 Å². The van der Waals surface area contributed by atoms with Crippen molar-refractivity contribution in [3.63, 3.8) is 0 Å². The van der Waals surface area contributed by atoms with Gasteiger partial charge in [-0.15, -0.1) is 0 Å². The Bertz CT molecular complexity index is 427. The van der Waals surface area contributed by atoms with Gasteiger partial charge in [0.1, 0.15) is 11.4 Å². The lowest BCUT2D eigenvalue weighted by Gasteiger charge is -2.32. The molecule has 0 aromatic rings. The SMILES string of the molecule is CCCCCCC(=N\O)/C(=N\O)C(=N\O)/C(CC)(CC)CCCC. The molecule has 0 bridgehead atoms. The minimum Gasteiger partial charge on any atom is -0.411 e. The van der Waals surface area contributed by atoms with Crippen molar-refractivity contribution >= 4 is 17.1 Å². The van der Waals surface area contributed by atoms with Gasteiger partial charge in [0.2, 0.25) is 0 Å². The molecule has 0 saturated heterocycles. The van der Waals surface area contributed by atoms with Gasteiger partial charge in [0.25, 0.3) is 0 Å². The van der Waals surface area contributed by atoms with Crippen LogP contribution in [0.4, 0.5) is 0 Å². The Labute approximate surface area is 146 Å². The lowest BCUT2D eigenvalue weighted by Crippen LogP contribution is -2.40. The van der Waals surface area contributed by atoms with Crippen molar-refractivity contribution in [3.05, 3.63) is 0 Å². The average Bonchev–Trinajstić information content (AvgIpc) is 2.62. The summed E-state index contributed by atoms with van der Waals surface area (Å²) in [6.45, 7) is 8.32. The van der Waals surface area contributed by atoms with E-state index < -0.39 is 0 Å². The molecule has 0 fully saturated rings. The summed E-state index contributed by atoms with van der Waals surface area (Å²) in [5.41, 5.74) is 0.332. The van der Waals surface area contributed by atoms with E-state index in [4.69, 9.17) is 0 Å². The van der Waals surface area contributed by atoms with Gasteiger partial charge in [-0.25, -0.2) is 0 Å². The van der Waals surface area contributed by atoms with Crippen LogP contribution in [0.15, 0.2) is 15.5 Å². The molecule has 0 saturated carbocycles. The van der Waals surface area contributed by atoms with E-state index in [1.165, 1.54) is 0 Å². The Morgan fingerprint density at radius 3 is 1.79 bits per heavy atom. The van der Waals surface area contributed by atoms with Gasteiger partial charge in [0, 0.05) is 5.41 Å². The third-order valence-electron chi connectivity index (χ3n) is 4.95. The first-order valence-corrected chi connectivity index (χ1v) is 9.26. The summed E-state index contributed by atoms with van der Waals surface area (Å²) in [4.78, 5) is 0. The van der Waals surface area contributed by atoms with Crippen molar-refractivity contribution < 1.29 is 15.6 Å². The Kier molecular flexibility index (Phi) is 11.9. The number of nitrogens with zero attached hydrogens (tertiary/aromatic N) is 3. The van der Waals surface area contributed by atoms with E-state index in [2.05, 4.69) is 29.3 Å². The van der Waals surface area contributed by atoms with E-state index >= 15 is 0 Å². The summed E-state index contributed by atoms with van der Waals surface area (Å²) in [6.07, 6.45) is 8.94. The molecule has 3 N–H and O–H groups in total. The summed E-state index contributed by atoms with van der Waals surface area (Å²) in [6, 6.07) is 0. The molecule has 0 aliphatic rings. The van der Waals surface area contributed by atoms with Gasteiger partial charge in [0.05, 0.1) is 0 Å². The monoisotopic (exact) mass is 341 g/mol. The van der Waals surface area contributed by atoms with Gasteiger partial charge < -0.3 is 15.6 Å². The van der Waals surface area contributed by atoms with Gasteiger partial charge in [-0.1, -0.05) is 75.3 Å². The van der Waals surface area contributed by atoms with Crippen molar-refractivity contribution in [3.8, 4) is 0 Å². The maximum atomic E-state index is 9.64. The quantitative estimate of drug-likeness (QED) is 0.180. The number of rotatable bonds is 13. The van der Waals surface area contributed by atoms with Crippen LogP contribution in [0.3, 0.4) is 0 Å². The molecule has 0 aliphatic carbocycles. The Balaban J connectivity index is 5.46. The Morgan fingerprint density at radius 1 is 0.750 bits per heavy atom. The Morgan fingerprint density at radius 2 is 1.38 bits per heavy atom. The molecular weight excluding hydrogens is 306 g/mol. The standard InChI is InChI=1S/C18H35N3O3/c1-5-9-11-12-13-15(19-22)16(20-23)17(21-24)18(7-3,8-4)14-10-6-2/h22-24H,5-14H2,1-4H3/b19-15+,20-16+,21-17+. The fraction of sp³-hybridized carbons (Fsp3) is 0.833. The fourth-order valence-electron chi connectivity index (χ4n) is 3.15. The summed E-state index contributed by atoms with van der Waals surface area (Å²) >= 11 is 0. The predicted molar refractivity (Wildman–Crippen MR) is 99.0 cm³/mol. The maximum absolute atomic E-state index is 9.64. The number of hydrogen-bond donors (Lipinski definition) is 3. The minimum absolute atomic E-state index is 0.108. The highest BCUT2D eigenvalue weighted by Gasteiger charge is 2.37. The molecule has 6 nitrogen and oxygen atoms in total. The summed E-state index contributed by atoms with van der Waals surface area (Å²) in [7, 11) is 0. The molecule has 140 valence electrons. The highest BCUT2D eigenvalue weighted by atomic mass is 16.4. The van der Waals surface area contributed by atoms with Crippen LogP contribution < -0.4 is 0 Å². The van der Waals surface area contributed by atoms with Gasteiger partial charge in [-0.3, -0.25) is 0 Å². The lowest BCUT2D eigenvalue weighted by molar-refractivity contribution is 0.287. The smallest absolute Gasteiger partial charge is 0.152 e. The molecule has 0 spiro atoms. The molecule has 24 heavy (non-hydrogen) atoms. The van der Waals surface area contributed by atoms with Crippen LogP contribution in [0.25, 0.3) is 0 Å². The molecule has 0 aliphatic heterocycles. The van der Waals surface area contributed by atoms with Crippen molar-refractivity contribution in [2.75, 3.05) is 0 Å². The second-order valence-corrected chi connectivity index (χ2v) is 6.35. The van der Waals surface area contributed by atoms with Gasteiger partial charge in [0.15, 0.2) is 5.71 Å². The highest BCUT2D eigenvalue weighted by Crippen LogP contribution is 2.35. The van der Waals surface area contributed by atoms with Gasteiger partial charge >= 0.3 is 0 Å². The zero-order chi connectivity index (χ0) is 18.4. The number of hydrogen-bond acceptors (Lipinski definition) is 6. The topological polar surface area (TPSA) is 97.8 Å². The summed E-state index contributed by atoms with van der Waals surface area (Å²) in [5.74, 6) is 0. The lowest BCUT2D eigenvalue weighted by atomic mass is 9.71. The molecular formula is C18H35N3O3. The van der Waals surface area contributed by atoms with Crippen LogP contribution in [0.2, 0.25) is 0 Å². The number of oxime groups is 3. The van der Waals surface area contributed by atoms with Crippen LogP contribution in [0.1, 0.15) is 91.9 Å². The van der Waals surface area contributed by atoms with Crippen LogP contribution in [0.5, 0.6) is 0 Å². The van der Waals surface area contributed by atoms with Crippen LogP contribution in [-0.2, 0) is 0 Å². The van der Waals surface area contributed by atoms with Crippen molar-refractivity contribution in [2.24, 2.45) is 20.9 Å². The average molecular weight is 341 g/mol. The Hall–Kier alpha value is -1.59. The highest BCUT2D eigenvalue weighted by molar-refractivity contribution is 6.69. The van der Waals surface area contributed by atoms with E-state index in [9.17, 15) is 15.6 Å². The second kappa shape index (κ2) is 12.8. The van der Waals surface area contributed by atoms with Crippen molar-refractivity contribution in [2.45, 2.75) is 91.9 Å². The zero-order valence-electron chi connectivity index (χ0n) is 15.8. The first kappa shape index (κ1) is 22.4. The van der Waals surface area contributed by atoms with Crippen LogP contribution in [0, 0.1) is 5.41 Å². The summed E-state index contributed by atoms with van der Waals surface area (Å²) < 4.78 is 0. The normalized spacial score (nSPS) is 14.2. The third-order valence-corrected chi connectivity index (χ3v) is 4.95. The number of unbranched alkanes of at least 4 members (excludes halogenated alkanes) is 4. The van der Waals surface area contributed by atoms with Gasteiger partial charge in [-0.05, 0) is 32.1 Å². The van der Waals surface area contributed by atoms with E-state index in [-0.39, 0.29) is 16.8 Å². The molecule has 0 atom stereocenters. The maximum Gasteiger partial charge on any atom is 0.152 e. The third kappa shape index (κ3) is 6.13. The van der Waals surface area contributed by atoms with E-state index in [1.54, 1.807) is 0 Å². The zero-order valence-corrected chi connectivity index (χ0v) is 15.8. The molecule has 0 heterocycles. The van der Waals surface area contributed by atoms with Gasteiger partial charge in [-0.2, -0.15) is 0 Å².